The Bertz CT molecular complexity index is 1590. The van der Waals surface area contributed by atoms with E-state index in [0.29, 0.717) is 0 Å². The number of anilines is 1. The molecule has 12 heteroatoms. The molecule has 0 spiro atoms. The lowest BCUT2D eigenvalue weighted by Gasteiger charge is -2.20. The Hall–Kier alpha value is -3.51. The summed E-state index contributed by atoms with van der Waals surface area (Å²) in [6, 6.07) is 9.39. The second-order valence-electron chi connectivity index (χ2n) is 9.10. The average molecular weight is 594 g/mol. The highest BCUT2D eigenvalue weighted by Gasteiger charge is 2.25. The molecular formula is C25H22BrF2N3O5S. The summed E-state index contributed by atoms with van der Waals surface area (Å²) in [5.74, 6) is -2.98. The van der Waals surface area contributed by atoms with Crippen molar-refractivity contribution >= 4 is 48.8 Å². The number of halogens is 3. The van der Waals surface area contributed by atoms with Gasteiger partial charge in [-0.1, -0.05) is 17.7 Å². The molecule has 194 valence electrons. The van der Waals surface area contributed by atoms with Gasteiger partial charge in [0.15, 0.2) is 23.0 Å². The molecule has 0 saturated carbocycles. The van der Waals surface area contributed by atoms with E-state index < -0.39 is 39.1 Å². The summed E-state index contributed by atoms with van der Waals surface area (Å²) in [7, 11) is -4.03. The molecule has 4 aromatic rings. The number of pyridine rings is 1. The zero-order valence-corrected chi connectivity index (χ0v) is 22.6. The molecule has 2 aromatic carbocycles. The van der Waals surface area contributed by atoms with Crippen LogP contribution in [0.2, 0.25) is 0 Å². The van der Waals surface area contributed by atoms with Crippen molar-refractivity contribution in [2.75, 3.05) is 5.32 Å². The molecule has 2 heterocycles. The van der Waals surface area contributed by atoms with Gasteiger partial charge in [0.05, 0.1) is 16.0 Å². The Labute approximate surface area is 220 Å². The van der Waals surface area contributed by atoms with E-state index in [-0.39, 0.29) is 31.8 Å². The van der Waals surface area contributed by atoms with Crippen molar-refractivity contribution < 1.29 is 31.5 Å². The fourth-order valence-corrected chi connectivity index (χ4v) is 5.44. The van der Waals surface area contributed by atoms with Gasteiger partial charge in [-0.25, -0.2) is 30.9 Å². The summed E-state index contributed by atoms with van der Waals surface area (Å²) in [5.41, 5.74) is -0.0853. The molecule has 0 unspecified atom stereocenters. The monoisotopic (exact) mass is 593 g/mol. The first-order valence-electron chi connectivity index (χ1n) is 10.9. The normalized spacial score (nSPS) is 12.0. The van der Waals surface area contributed by atoms with Crippen LogP contribution in [-0.2, 0) is 14.8 Å². The Morgan fingerprint density at radius 2 is 1.70 bits per heavy atom. The second-order valence-corrected chi connectivity index (χ2v) is 11.8. The van der Waals surface area contributed by atoms with Crippen LogP contribution < -0.4 is 10.1 Å². The maximum Gasteiger partial charge on any atom is 0.412 e. The molecule has 1 N–H and O–H groups in total. The van der Waals surface area contributed by atoms with E-state index in [1.807, 2.05) is 6.92 Å². The number of rotatable bonds is 5. The van der Waals surface area contributed by atoms with Crippen LogP contribution in [0, 0.1) is 18.6 Å². The number of aryl methyl sites for hydroxylation is 1. The van der Waals surface area contributed by atoms with Crippen molar-refractivity contribution in [3.8, 4) is 11.5 Å². The van der Waals surface area contributed by atoms with Gasteiger partial charge in [-0.15, -0.1) is 0 Å². The van der Waals surface area contributed by atoms with Crippen LogP contribution in [0.4, 0.5) is 19.3 Å². The lowest BCUT2D eigenvalue weighted by molar-refractivity contribution is 0.0636. The van der Waals surface area contributed by atoms with Gasteiger partial charge in [0.1, 0.15) is 11.4 Å². The predicted octanol–water partition coefficient (Wildman–Crippen LogP) is 6.76. The van der Waals surface area contributed by atoms with E-state index >= 15 is 0 Å². The van der Waals surface area contributed by atoms with Crippen LogP contribution in [0.5, 0.6) is 11.5 Å². The number of carbonyl (C=O) groups is 1. The number of benzene rings is 2. The summed E-state index contributed by atoms with van der Waals surface area (Å²) >= 11 is 3.30. The first kappa shape index (κ1) is 26.6. The molecule has 37 heavy (non-hydrogen) atoms. The zero-order chi connectivity index (χ0) is 27.1. The molecule has 8 nitrogen and oxygen atoms in total. The van der Waals surface area contributed by atoms with E-state index in [0.717, 1.165) is 21.7 Å². The van der Waals surface area contributed by atoms with Gasteiger partial charge in [-0.05, 0) is 61.8 Å². The standard InChI is InChI=1S/C25H22BrF2N3O5S/c1-14-5-7-16(8-6-14)37(33,34)31-13-17(26)21-20(9-10-29-23(21)31)35-22-18(27)11-15(12-19(22)28)30-24(32)36-25(2,3)4/h5-13H,1-4H3,(H,30,32). The third-order valence-corrected chi connectivity index (χ3v) is 7.27. The lowest BCUT2D eigenvalue weighted by Crippen LogP contribution is -2.27. The van der Waals surface area contributed by atoms with Gasteiger partial charge >= 0.3 is 6.09 Å². The summed E-state index contributed by atoms with van der Waals surface area (Å²) in [6.45, 7) is 6.79. The SMILES string of the molecule is Cc1ccc(S(=O)(=O)n2cc(Br)c3c(Oc4c(F)cc(NC(=O)OC(C)(C)C)cc4F)ccnc32)cc1. The maximum atomic E-state index is 14.8. The van der Waals surface area contributed by atoms with Crippen molar-refractivity contribution in [3.05, 3.63) is 76.5 Å². The number of amides is 1. The number of hydrogen-bond donors (Lipinski definition) is 1. The number of nitrogens with one attached hydrogen (secondary N) is 1. The fraction of sp³-hybridized carbons (Fsp3) is 0.200. The van der Waals surface area contributed by atoms with Crippen molar-refractivity contribution in [1.82, 2.24) is 8.96 Å². The quantitative estimate of drug-likeness (QED) is 0.274. The smallest absolute Gasteiger partial charge is 0.412 e. The predicted molar refractivity (Wildman–Crippen MR) is 137 cm³/mol. The highest BCUT2D eigenvalue weighted by molar-refractivity contribution is 9.10. The van der Waals surface area contributed by atoms with Crippen LogP contribution in [0.3, 0.4) is 0 Å². The minimum Gasteiger partial charge on any atom is -0.450 e. The minimum absolute atomic E-state index is 0.00558. The van der Waals surface area contributed by atoms with Crippen LogP contribution in [0.25, 0.3) is 11.0 Å². The molecule has 2 aromatic heterocycles. The first-order valence-corrected chi connectivity index (χ1v) is 13.1. The molecule has 0 bridgehead atoms. The number of nitrogens with zero attached hydrogens (tertiary/aromatic N) is 2. The van der Waals surface area contributed by atoms with E-state index in [1.165, 1.54) is 30.6 Å². The number of fused-ring (bicyclic) bond motifs is 1. The van der Waals surface area contributed by atoms with Gasteiger partial charge in [0, 0.05) is 29.0 Å². The average Bonchev–Trinajstić information content (AvgIpc) is 3.13. The molecule has 0 radical (unpaired) electrons. The molecule has 0 fully saturated rings. The number of aromatic nitrogens is 2. The van der Waals surface area contributed by atoms with E-state index in [4.69, 9.17) is 9.47 Å². The highest BCUT2D eigenvalue weighted by Crippen LogP contribution is 2.39. The lowest BCUT2D eigenvalue weighted by atomic mass is 10.2. The first-order chi connectivity index (χ1) is 17.3. The summed E-state index contributed by atoms with van der Waals surface area (Å²) < 4.78 is 68.1. The Morgan fingerprint density at radius 1 is 1.08 bits per heavy atom. The van der Waals surface area contributed by atoms with Crippen LogP contribution >= 0.6 is 15.9 Å². The van der Waals surface area contributed by atoms with E-state index in [9.17, 15) is 22.0 Å². The number of ether oxygens (including phenoxy) is 2. The Kier molecular flexibility index (Phi) is 6.99. The van der Waals surface area contributed by atoms with Gasteiger partial charge in [-0.2, -0.15) is 0 Å². The molecule has 0 aliphatic rings. The molecular weight excluding hydrogens is 572 g/mol. The largest absolute Gasteiger partial charge is 0.450 e. The van der Waals surface area contributed by atoms with Crippen molar-refractivity contribution in [3.63, 3.8) is 0 Å². The minimum atomic E-state index is -4.03. The van der Waals surface area contributed by atoms with Crippen molar-refractivity contribution in [2.24, 2.45) is 0 Å². The third kappa shape index (κ3) is 5.59. The van der Waals surface area contributed by atoms with Gasteiger partial charge < -0.3 is 9.47 Å². The van der Waals surface area contributed by atoms with Crippen molar-refractivity contribution in [2.45, 2.75) is 38.2 Å². The molecule has 0 atom stereocenters. The summed E-state index contributed by atoms with van der Waals surface area (Å²) in [4.78, 5) is 16.1. The van der Waals surface area contributed by atoms with E-state index in [2.05, 4.69) is 26.2 Å². The summed E-state index contributed by atoms with van der Waals surface area (Å²) in [6.07, 6.45) is 1.68. The van der Waals surface area contributed by atoms with Crippen LogP contribution in [-0.4, -0.2) is 29.1 Å². The number of hydrogen-bond acceptors (Lipinski definition) is 6. The van der Waals surface area contributed by atoms with Crippen molar-refractivity contribution in [1.29, 1.82) is 0 Å². The zero-order valence-electron chi connectivity index (χ0n) is 20.2. The molecule has 4 rings (SSSR count). The Balaban J connectivity index is 1.70. The highest BCUT2D eigenvalue weighted by atomic mass is 79.9. The Morgan fingerprint density at radius 3 is 2.30 bits per heavy atom. The second kappa shape index (κ2) is 9.75. The molecule has 0 aliphatic heterocycles. The molecule has 1 amide bonds. The van der Waals surface area contributed by atoms with E-state index in [1.54, 1.807) is 32.9 Å². The third-order valence-electron chi connectivity index (χ3n) is 5.00. The topological polar surface area (TPSA) is 99.5 Å². The molecule has 0 aliphatic carbocycles. The van der Waals surface area contributed by atoms with Gasteiger partial charge in [0.25, 0.3) is 10.0 Å². The fourth-order valence-electron chi connectivity index (χ4n) is 3.41. The number of carbonyl (C=O) groups excluding carboxylic acids is 1. The van der Waals surface area contributed by atoms with Crippen LogP contribution in [0.15, 0.2) is 64.2 Å². The summed E-state index contributed by atoms with van der Waals surface area (Å²) in [5, 5.41) is 2.45. The van der Waals surface area contributed by atoms with Gasteiger partial charge in [-0.3, -0.25) is 5.32 Å². The molecule has 0 saturated heterocycles. The van der Waals surface area contributed by atoms with Crippen LogP contribution in [0.1, 0.15) is 26.3 Å². The van der Waals surface area contributed by atoms with Gasteiger partial charge in [0.2, 0.25) is 0 Å². The maximum absolute atomic E-state index is 14.8.